The molecule has 2 fully saturated rings. The van der Waals surface area contributed by atoms with Crippen LogP contribution in [-0.4, -0.2) is 51.4 Å². The number of carboxylic acid groups (broad SMARTS) is 1. The van der Waals surface area contributed by atoms with Gasteiger partial charge >= 0.3 is 5.97 Å². The van der Waals surface area contributed by atoms with Crippen molar-refractivity contribution in [3.63, 3.8) is 0 Å². The zero-order valence-electron chi connectivity index (χ0n) is 12.0. The zero-order valence-corrected chi connectivity index (χ0v) is 12.0. The van der Waals surface area contributed by atoms with Crippen LogP contribution >= 0.6 is 0 Å². The van der Waals surface area contributed by atoms with E-state index in [4.69, 9.17) is 0 Å². The van der Waals surface area contributed by atoms with E-state index in [1.54, 1.807) is 4.68 Å². The van der Waals surface area contributed by atoms with Crippen LogP contribution in [0.2, 0.25) is 0 Å². The highest BCUT2D eigenvalue weighted by Gasteiger charge is 2.43. The van der Waals surface area contributed by atoms with Gasteiger partial charge in [0, 0.05) is 26.2 Å². The van der Waals surface area contributed by atoms with Crippen LogP contribution in [0.5, 0.6) is 0 Å². The molecule has 110 valence electrons. The highest BCUT2D eigenvalue weighted by Crippen LogP contribution is 2.35. The molecule has 0 saturated carbocycles. The number of hydrogen-bond donors (Lipinski definition) is 2. The minimum absolute atomic E-state index is 0.331. The maximum absolute atomic E-state index is 11.3. The van der Waals surface area contributed by atoms with Crippen molar-refractivity contribution in [3.8, 4) is 0 Å². The van der Waals surface area contributed by atoms with E-state index in [0.29, 0.717) is 30.0 Å². The highest BCUT2D eigenvalue weighted by molar-refractivity contribution is 5.88. The molecule has 1 aromatic heterocycles. The molecule has 3 heterocycles. The summed E-state index contributed by atoms with van der Waals surface area (Å²) in [7, 11) is 1.82. The van der Waals surface area contributed by atoms with Crippen molar-refractivity contribution in [3.05, 3.63) is 17.5 Å². The van der Waals surface area contributed by atoms with Crippen molar-refractivity contribution < 1.29 is 9.90 Å². The van der Waals surface area contributed by atoms with Crippen molar-refractivity contribution in [1.29, 1.82) is 0 Å². The van der Waals surface area contributed by atoms with Crippen molar-refractivity contribution in [2.75, 3.05) is 19.6 Å². The number of hydrogen-bond acceptors (Lipinski definition) is 4. The summed E-state index contributed by atoms with van der Waals surface area (Å²) in [4.78, 5) is 13.7. The van der Waals surface area contributed by atoms with Crippen molar-refractivity contribution in [2.24, 2.45) is 18.9 Å². The summed E-state index contributed by atoms with van der Waals surface area (Å²) >= 11 is 0. The Balaban J connectivity index is 1.81. The van der Waals surface area contributed by atoms with Crippen LogP contribution in [0.15, 0.2) is 6.20 Å². The van der Waals surface area contributed by atoms with E-state index in [2.05, 4.69) is 22.2 Å². The summed E-state index contributed by atoms with van der Waals surface area (Å²) in [5, 5.41) is 16.8. The van der Waals surface area contributed by atoms with Gasteiger partial charge in [-0.25, -0.2) is 4.79 Å². The van der Waals surface area contributed by atoms with Gasteiger partial charge in [-0.05, 0) is 31.3 Å². The molecular formula is C14H22N4O2. The summed E-state index contributed by atoms with van der Waals surface area (Å²) in [5.74, 6) is 0.533. The van der Waals surface area contributed by atoms with Crippen LogP contribution in [0, 0.1) is 11.8 Å². The van der Waals surface area contributed by atoms with Gasteiger partial charge < -0.3 is 10.4 Å². The van der Waals surface area contributed by atoms with E-state index in [1.165, 1.54) is 6.20 Å². The van der Waals surface area contributed by atoms with Crippen molar-refractivity contribution in [1.82, 2.24) is 20.0 Å². The lowest BCUT2D eigenvalue weighted by atomic mass is 9.93. The second-order valence-corrected chi connectivity index (χ2v) is 5.92. The third-order valence-corrected chi connectivity index (χ3v) is 4.89. The topological polar surface area (TPSA) is 70.4 Å². The quantitative estimate of drug-likeness (QED) is 0.841. The molecule has 0 spiro atoms. The Kier molecular flexibility index (Phi) is 3.52. The Morgan fingerprint density at radius 1 is 1.55 bits per heavy atom. The number of aromatic carboxylic acids is 1. The molecule has 2 saturated heterocycles. The first-order chi connectivity index (χ1) is 9.61. The Morgan fingerprint density at radius 2 is 2.35 bits per heavy atom. The molecule has 2 N–H and O–H groups in total. The number of rotatable bonds is 4. The molecule has 6 heteroatoms. The van der Waals surface area contributed by atoms with E-state index < -0.39 is 5.97 Å². The van der Waals surface area contributed by atoms with Crippen molar-refractivity contribution >= 4 is 5.97 Å². The smallest absolute Gasteiger partial charge is 0.339 e. The molecule has 1 aromatic rings. The molecule has 0 bridgehead atoms. The van der Waals surface area contributed by atoms with E-state index in [-0.39, 0.29) is 0 Å². The predicted molar refractivity (Wildman–Crippen MR) is 74.5 cm³/mol. The summed E-state index contributed by atoms with van der Waals surface area (Å²) in [6, 6.07) is 0.548. The van der Waals surface area contributed by atoms with Crippen LogP contribution in [-0.2, 0) is 13.6 Å². The zero-order chi connectivity index (χ0) is 14.3. The molecule has 2 aliphatic heterocycles. The molecule has 20 heavy (non-hydrogen) atoms. The van der Waals surface area contributed by atoms with Gasteiger partial charge in [0.2, 0.25) is 0 Å². The molecule has 6 nitrogen and oxygen atoms in total. The third-order valence-electron chi connectivity index (χ3n) is 4.89. The summed E-state index contributed by atoms with van der Waals surface area (Å²) in [5.41, 5.74) is 1.14. The number of nitrogens with one attached hydrogen (secondary N) is 1. The number of carboxylic acids is 1. The molecule has 0 radical (unpaired) electrons. The summed E-state index contributed by atoms with van der Waals surface area (Å²) < 4.78 is 1.70. The third kappa shape index (κ3) is 2.13. The number of likely N-dealkylation sites (tertiary alicyclic amines) is 1. The summed E-state index contributed by atoms with van der Waals surface area (Å²) in [6.07, 6.45) is 2.57. The normalized spacial score (nSPS) is 29.8. The maximum Gasteiger partial charge on any atom is 0.339 e. The van der Waals surface area contributed by atoms with Gasteiger partial charge in [0.15, 0.2) is 0 Å². The number of aromatic nitrogens is 2. The Labute approximate surface area is 118 Å². The SMILES string of the molecule is CCC1C2CNCC2CN1Cc1c(C(=O)O)cnn1C. The van der Waals surface area contributed by atoms with Crippen LogP contribution in [0.3, 0.4) is 0 Å². The van der Waals surface area contributed by atoms with Crippen LogP contribution in [0.4, 0.5) is 0 Å². The van der Waals surface area contributed by atoms with Gasteiger partial charge in [-0.3, -0.25) is 9.58 Å². The lowest BCUT2D eigenvalue weighted by Gasteiger charge is -2.26. The van der Waals surface area contributed by atoms with Crippen molar-refractivity contribution in [2.45, 2.75) is 25.9 Å². The van der Waals surface area contributed by atoms with Gasteiger partial charge in [-0.2, -0.15) is 5.10 Å². The van der Waals surface area contributed by atoms with E-state index in [1.807, 2.05) is 7.05 Å². The monoisotopic (exact) mass is 278 g/mol. The lowest BCUT2D eigenvalue weighted by Crippen LogP contribution is -2.35. The van der Waals surface area contributed by atoms with Gasteiger partial charge in [-0.1, -0.05) is 6.92 Å². The Morgan fingerprint density at radius 3 is 3.05 bits per heavy atom. The number of nitrogens with zero attached hydrogens (tertiary/aromatic N) is 3. The molecule has 2 aliphatic rings. The van der Waals surface area contributed by atoms with Crippen LogP contribution in [0.1, 0.15) is 29.4 Å². The van der Waals surface area contributed by atoms with Crippen LogP contribution < -0.4 is 5.32 Å². The maximum atomic E-state index is 11.3. The van der Waals surface area contributed by atoms with E-state index in [9.17, 15) is 9.90 Å². The number of carbonyl (C=O) groups is 1. The molecule has 3 unspecified atom stereocenters. The highest BCUT2D eigenvalue weighted by atomic mass is 16.4. The largest absolute Gasteiger partial charge is 0.478 e. The van der Waals surface area contributed by atoms with Gasteiger partial charge in [0.1, 0.15) is 5.56 Å². The fourth-order valence-corrected chi connectivity index (χ4v) is 3.88. The minimum atomic E-state index is -0.887. The molecular weight excluding hydrogens is 256 g/mol. The minimum Gasteiger partial charge on any atom is -0.478 e. The molecule has 3 rings (SSSR count). The van der Waals surface area contributed by atoms with E-state index in [0.717, 1.165) is 31.7 Å². The second kappa shape index (κ2) is 5.18. The molecule has 0 amide bonds. The van der Waals surface area contributed by atoms with E-state index >= 15 is 0 Å². The first kappa shape index (κ1) is 13.6. The first-order valence-corrected chi connectivity index (χ1v) is 7.30. The number of fused-ring (bicyclic) bond motifs is 1. The fourth-order valence-electron chi connectivity index (χ4n) is 3.88. The van der Waals surface area contributed by atoms with Gasteiger partial charge in [0.05, 0.1) is 11.9 Å². The standard InChI is InChI=1S/C14H22N4O2/c1-3-12-10-5-15-4-9(10)7-18(12)8-13-11(14(19)20)6-16-17(13)2/h6,9-10,12,15H,3-5,7-8H2,1-2H3,(H,19,20). The average molecular weight is 278 g/mol. The molecule has 0 aliphatic carbocycles. The van der Waals surface area contributed by atoms with Gasteiger partial charge in [0.25, 0.3) is 0 Å². The Hall–Kier alpha value is -1.40. The lowest BCUT2D eigenvalue weighted by molar-refractivity contribution is 0.0693. The summed E-state index contributed by atoms with van der Waals surface area (Å²) in [6.45, 7) is 6.15. The molecule has 3 atom stereocenters. The first-order valence-electron chi connectivity index (χ1n) is 7.30. The number of aryl methyl sites for hydroxylation is 1. The molecule has 0 aromatic carbocycles. The van der Waals surface area contributed by atoms with Crippen LogP contribution in [0.25, 0.3) is 0 Å². The van der Waals surface area contributed by atoms with Gasteiger partial charge in [-0.15, -0.1) is 0 Å². The Bertz CT molecular complexity index is 513. The second-order valence-electron chi connectivity index (χ2n) is 5.92. The fraction of sp³-hybridized carbons (Fsp3) is 0.714. The average Bonchev–Trinajstić information content (AvgIpc) is 3.05. The predicted octanol–water partition coefficient (Wildman–Crippen LogP) is 0.548.